The van der Waals surface area contributed by atoms with Crippen LogP contribution in [0.3, 0.4) is 0 Å². The van der Waals surface area contributed by atoms with Crippen LogP contribution in [0.15, 0.2) is 0 Å². The van der Waals surface area contributed by atoms with Gasteiger partial charge in [0.25, 0.3) is 0 Å². The number of amides is 1. The van der Waals surface area contributed by atoms with Crippen molar-refractivity contribution in [2.24, 2.45) is 11.7 Å². The lowest BCUT2D eigenvalue weighted by molar-refractivity contribution is -0.124. The highest BCUT2D eigenvalue weighted by Crippen LogP contribution is 2.25. The van der Waals surface area contributed by atoms with E-state index in [4.69, 9.17) is 5.73 Å². The Hall–Kier alpha value is -0.610. The Morgan fingerprint density at radius 3 is 2.53 bits per heavy atom. The minimum Gasteiger partial charge on any atom is -0.368 e. The highest BCUT2D eigenvalue weighted by atomic mass is 16.1. The van der Waals surface area contributed by atoms with Crippen LogP contribution in [-0.2, 0) is 4.79 Å². The van der Waals surface area contributed by atoms with Gasteiger partial charge in [-0.05, 0) is 53.0 Å². The summed E-state index contributed by atoms with van der Waals surface area (Å²) in [5, 5.41) is 3.33. The number of nitrogens with two attached hydrogens (primary N) is 1. The number of rotatable bonds is 7. The van der Waals surface area contributed by atoms with Gasteiger partial charge < -0.3 is 16.0 Å². The van der Waals surface area contributed by atoms with Crippen LogP contribution in [0.1, 0.15) is 53.9 Å². The molecule has 0 bridgehead atoms. The molecule has 1 aliphatic rings. The lowest BCUT2D eigenvalue weighted by Gasteiger charge is -2.35. The Kier molecular flexibility index (Phi) is 5.81. The number of carbonyl (C=O) groups is 1. The fourth-order valence-electron chi connectivity index (χ4n) is 3.18. The summed E-state index contributed by atoms with van der Waals surface area (Å²) in [7, 11) is 0. The Balaban J connectivity index is 2.61. The Morgan fingerprint density at radius 2 is 2.11 bits per heavy atom. The summed E-state index contributed by atoms with van der Waals surface area (Å²) in [5.74, 6) is 0.569. The molecule has 19 heavy (non-hydrogen) atoms. The van der Waals surface area contributed by atoms with E-state index in [1.54, 1.807) is 0 Å². The van der Waals surface area contributed by atoms with Gasteiger partial charge in [-0.2, -0.15) is 0 Å². The normalized spacial score (nSPS) is 25.5. The van der Waals surface area contributed by atoms with Gasteiger partial charge in [0.1, 0.15) is 0 Å². The number of nitrogens with zero attached hydrogens (tertiary/aromatic N) is 1. The van der Waals surface area contributed by atoms with E-state index < -0.39 is 5.54 Å². The predicted molar refractivity (Wildman–Crippen MR) is 79.9 cm³/mol. The molecule has 1 heterocycles. The molecule has 0 aromatic carbocycles. The maximum Gasteiger partial charge on any atom is 0.237 e. The third-order valence-corrected chi connectivity index (χ3v) is 4.37. The van der Waals surface area contributed by atoms with Crippen molar-refractivity contribution in [3.8, 4) is 0 Å². The number of hydrogen-bond donors (Lipinski definition) is 2. The molecule has 0 aromatic rings. The summed E-state index contributed by atoms with van der Waals surface area (Å²) in [4.78, 5) is 14.3. The SMILES string of the molecule is CCC1CCN(C(C)CC(C)(NC(C)C)C(N)=O)C1. The Morgan fingerprint density at radius 1 is 1.47 bits per heavy atom. The summed E-state index contributed by atoms with van der Waals surface area (Å²) >= 11 is 0. The van der Waals surface area contributed by atoms with Gasteiger partial charge in [0.05, 0.1) is 5.54 Å². The molecule has 0 radical (unpaired) electrons. The van der Waals surface area contributed by atoms with Crippen molar-refractivity contribution in [2.75, 3.05) is 13.1 Å². The Bertz CT molecular complexity index is 306. The molecule has 3 atom stereocenters. The van der Waals surface area contributed by atoms with Gasteiger partial charge in [-0.3, -0.25) is 4.79 Å². The monoisotopic (exact) mass is 269 g/mol. The van der Waals surface area contributed by atoms with E-state index >= 15 is 0 Å². The van der Waals surface area contributed by atoms with E-state index in [0.717, 1.165) is 25.4 Å². The van der Waals surface area contributed by atoms with Crippen LogP contribution in [0, 0.1) is 5.92 Å². The fourth-order valence-corrected chi connectivity index (χ4v) is 3.18. The van der Waals surface area contributed by atoms with E-state index in [1.165, 1.54) is 12.8 Å². The molecule has 1 rings (SSSR count). The largest absolute Gasteiger partial charge is 0.368 e. The van der Waals surface area contributed by atoms with Crippen LogP contribution in [0.2, 0.25) is 0 Å². The smallest absolute Gasteiger partial charge is 0.237 e. The van der Waals surface area contributed by atoms with E-state index in [0.29, 0.717) is 6.04 Å². The van der Waals surface area contributed by atoms with Gasteiger partial charge in [0, 0.05) is 18.6 Å². The average Bonchev–Trinajstić information content (AvgIpc) is 2.75. The molecule has 0 spiro atoms. The van der Waals surface area contributed by atoms with Crippen molar-refractivity contribution in [1.29, 1.82) is 0 Å². The van der Waals surface area contributed by atoms with Crippen molar-refractivity contribution >= 4 is 5.91 Å². The van der Waals surface area contributed by atoms with Crippen molar-refractivity contribution < 1.29 is 4.79 Å². The van der Waals surface area contributed by atoms with Gasteiger partial charge in [-0.1, -0.05) is 13.3 Å². The van der Waals surface area contributed by atoms with Crippen LogP contribution in [-0.4, -0.2) is 41.5 Å². The molecule has 1 aliphatic heterocycles. The van der Waals surface area contributed by atoms with E-state index in [1.807, 2.05) is 6.92 Å². The number of nitrogens with one attached hydrogen (secondary N) is 1. The van der Waals surface area contributed by atoms with Gasteiger partial charge in [0.2, 0.25) is 5.91 Å². The van der Waals surface area contributed by atoms with Gasteiger partial charge in [-0.15, -0.1) is 0 Å². The maximum atomic E-state index is 11.8. The molecule has 1 amide bonds. The molecule has 1 fully saturated rings. The minimum atomic E-state index is -0.613. The predicted octanol–water partition coefficient (Wildman–Crippen LogP) is 1.74. The summed E-state index contributed by atoms with van der Waals surface area (Å²) in [6, 6.07) is 0.645. The first-order valence-electron chi connectivity index (χ1n) is 7.60. The molecule has 1 saturated heterocycles. The maximum absolute atomic E-state index is 11.8. The second-order valence-electron chi connectivity index (χ2n) is 6.61. The van der Waals surface area contributed by atoms with Gasteiger partial charge in [-0.25, -0.2) is 0 Å². The van der Waals surface area contributed by atoms with Crippen molar-refractivity contribution in [1.82, 2.24) is 10.2 Å². The number of likely N-dealkylation sites (tertiary alicyclic amines) is 1. The molecular weight excluding hydrogens is 238 g/mol. The van der Waals surface area contributed by atoms with E-state index in [2.05, 4.69) is 37.9 Å². The molecule has 4 heteroatoms. The molecule has 0 aromatic heterocycles. The second-order valence-corrected chi connectivity index (χ2v) is 6.61. The minimum absolute atomic E-state index is 0.251. The van der Waals surface area contributed by atoms with Crippen LogP contribution in [0.4, 0.5) is 0 Å². The number of carbonyl (C=O) groups excluding carboxylic acids is 1. The topological polar surface area (TPSA) is 58.4 Å². The molecule has 3 N–H and O–H groups in total. The third kappa shape index (κ3) is 4.46. The summed E-state index contributed by atoms with van der Waals surface area (Å²) in [6.07, 6.45) is 3.31. The highest BCUT2D eigenvalue weighted by Gasteiger charge is 2.36. The van der Waals surface area contributed by atoms with Crippen LogP contribution in [0.25, 0.3) is 0 Å². The number of hydrogen-bond acceptors (Lipinski definition) is 3. The van der Waals surface area contributed by atoms with Crippen molar-refractivity contribution in [3.05, 3.63) is 0 Å². The number of primary amides is 1. The zero-order chi connectivity index (χ0) is 14.6. The second kappa shape index (κ2) is 6.71. The van der Waals surface area contributed by atoms with Crippen LogP contribution in [0.5, 0.6) is 0 Å². The average molecular weight is 269 g/mol. The van der Waals surface area contributed by atoms with Crippen LogP contribution >= 0.6 is 0 Å². The first-order valence-corrected chi connectivity index (χ1v) is 7.60. The standard InChI is InChI=1S/C15H31N3O/c1-6-13-7-8-18(10-13)12(4)9-15(5,14(16)19)17-11(2)3/h11-13,17H,6-10H2,1-5H3,(H2,16,19). The molecule has 112 valence electrons. The molecule has 3 unspecified atom stereocenters. The zero-order valence-corrected chi connectivity index (χ0v) is 13.2. The zero-order valence-electron chi connectivity index (χ0n) is 13.2. The lowest BCUT2D eigenvalue weighted by atomic mass is 9.91. The van der Waals surface area contributed by atoms with Gasteiger partial charge >= 0.3 is 0 Å². The molecule has 0 aliphatic carbocycles. The van der Waals surface area contributed by atoms with Crippen molar-refractivity contribution in [2.45, 2.75) is 71.5 Å². The van der Waals surface area contributed by atoms with Gasteiger partial charge in [0.15, 0.2) is 0 Å². The fraction of sp³-hybridized carbons (Fsp3) is 0.933. The van der Waals surface area contributed by atoms with E-state index in [-0.39, 0.29) is 11.9 Å². The van der Waals surface area contributed by atoms with E-state index in [9.17, 15) is 4.79 Å². The highest BCUT2D eigenvalue weighted by molar-refractivity contribution is 5.84. The quantitative estimate of drug-likeness (QED) is 0.740. The first-order chi connectivity index (χ1) is 8.78. The van der Waals surface area contributed by atoms with Crippen molar-refractivity contribution in [3.63, 3.8) is 0 Å². The molecule has 4 nitrogen and oxygen atoms in total. The lowest BCUT2D eigenvalue weighted by Crippen LogP contribution is -2.58. The first kappa shape index (κ1) is 16.4. The third-order valence-electron chi connectivity index (χ3n) is 4.37. The molecular formula is C15H31N3O. The molecule has 0 saturated carbocycles. The summed E-state index contributed by atoms with van der Waals surface area (Å²) < 4.78 is 0. The summed E-state index contributed by atoms with van der Waals surface area (Å²) in [6.45, 7) is 12.8. The van der Waals surface area contributed by atoms with Crippen LogP contribution < -0.4 is 11.1 Å². The Labute approximate surface area is 118 Å². The summed E-state index contributed by atoms with van der Waals surface area (Å²) in [5.41, 5.74) is 4.99.